The summed E-state index contributed by atoms with van der Waals surface area (Å²) in [4.78, 5) is 0. The van der Waals surface area contributed by atoms with Crippen LogP contribution in [0, 0.1) is 0 Å². The molecule has 0 amide bonds. The van der Waals surface area contributed by atoms with Gasteiger partial charge in [-0.05, 0) is 0 Å². The molecule has 0 saturated carbocycles. The first kappa shape index (κ1) is 26.0. The van der Waals surface area contributed by atoms with Crippen LogP contribution in [-0.4, -0.2) is 39.8 Å². The third-order valence-electron chi connectivity index (χ3n) is 6.56. The zero-order chi connectivity index (χ0) is 22.0. The van der Waals surface area contributed by atoms with Gasteiger partial charge >= 0.3 is 192 Å². The first-order chi connectivity index (χ1) is 15.3. The second kappa shape index (κ2) is 16.4. The van der Waals surface area contributed by atoms with Crippen LogP contribution in [0.1, 0.15) is 64.2 Å². The average molecular weight is 445 g/mol. The van der Waals surface area contributed by atoms with E-state index in [1.165, 1.54) is 76.5 Å². The van der Waals surface area contributed by atoms with Crippen molar-refractivity contribution in [1.82, 2.24) is 0 Å². The summed E-state index contributed by atoms with van der Waals surface area (Å²) in [6.07, 6.45) is 15.7. The summed E-state index contributed by atoms with van der Waals surface area (Å²) in [6, 6.07) is 23.0. The van der Waals surface area contributed by atoms with Gasteiger partial charge in [0.15, 0.2) is 0 Å². The Balaban J connectivity index is 2.06. The summed E-state index contributed by atoms with van der Waals surface area (Å²) < 4.78 is 10.4. The van der Waals surface area contributed by atoms with Crippen molar-refractivity contribution in [2.75, 3.05) is 39.8 Å². The third kappa shape index (κ3) is 9.44. The van der Waals surface area contributed by atoms with Crippen molar-refractivity contribution in [3.8, 4) is 0 Å². The Morgan fingerprint density at radius 1 is 0.484 bits per heavy atom. The van der Waals surface area contributed by atoms with Gasteiger partial charge < -0.3 is 0 Å². The van der Waals surface area contributed by atoms with Crippen LogP contribution in [0.15, 0.2) is 60.7 Å². The van der Waals surface area contributed by atoms with E-state index in [0.29, 0.717) is 0 Å². The molecule has 0 radical (unpaired) electrons. The van der Waals surface area contributed by atoms with Crippen molar-refractivity contribution >= 4 is 17.9 Å². The number of ether oxygens (including phenoxy) is 2. The van der Waals surface area contributed by atoms with Crippen LogP contribution in [0.25, 0.3) is 0 Å². The molecule has 2 aromatic carbocycles. The van der Waals surface area contributed by atoms with E-state index in [1.54, 1.807) is 24.8 Å². The Kier molecular flexibility index (Phi) is 13.8. The normalized spacial score (nSPS) is 12.2. The molecule has 2 aromatic rings. The fourth-order valence-electron chi connectivity index (χ4n) is 4.79. The molecule has 174 valence electrons. The van der Waals surface area contributed by atoms with Gasteiger partial charge in [0.25, 0.3) is 0 Å². The van der Waals surface area contributed by atoms with Crippen molar-refractivity contribution < 1.29 is 9.47 Å². The molecule has 0 aliphatic heterocycles. The van der Waals surface area contributed by atoms with Crippen molar-refractivity contribution in [2.24, 2.45) is 0 Å². The van der Waals surface area contributed by atoms with Gasteiger partial charge in [0.1, 0.15) is 0 Å². The van der Waals surface area contributed by atoms with Crippen LogP contribution in [0.5, 0.6) is 0 Å². The molecule has 0 aliphatic rings. The molecule has 0 bridgehead atoms. The van der Waals surface area contributed by atoms with Crippen LogP contribution >= 0.6 is 7.26 Å². The fourth-order valence-corrected chi connectivity index (χ4v) is 9.90. The number of hydrogen-bond donors (Lipinski definition) is 0. The Bertz CT molecular complexity index is 600. The maximum absolute atomic E-state index is 5.20. The first-order valence-corrected chi connectivity index (χ1v) is 14.8. The molecule has 2 nitrogen and oxygen atoms in total. The molecular formula is C28H45O2P. The molecule has 2 rings (SSSR count). The molecule has 0 saturated heterocycles. The molecule has 0 N–H and O–H groups in total. The minimum absolute atomic E-state index is 0.900. The second-order valence-electron chi connectivity index (χ2n) is 8.84. The maximum atomic E-state index is 5.20. The zero-order valence-electron chi connectivity index (χ0n) is 20.0. The summed E-state index contributed by atoms with van der Waals surface area (Å²) in [5.41, 5.74) is 0. The van der Waals surface area contributed by atoms with Crippen molar-refractivity contribution in [2.45, 2.75) is 64.2 Å². The van der Waals surface area contributed by atoms with Gasteiger partial charge in [-0.25, -0.2) is 0 Å². The average Bonchev–Trinajstić information content (AvgIpc) is 2.83. The SMILES string of the molecule is COCCCCCCC[PH](CCCCCCCOC)(c1ccccc1)c1ccccc1. The molecule has 0 fully saturated rings. The van der Waals surface area contributed by atoms with E-state index in [4.69, 9.17) is 9.47 Å². The Labute approximate surface area is 192 Å². The van der Waals surface area contributed by atoms with Crippen molar-refractivity contribution in [3.63, 3.8) is 0 Å². The Morgan fingerprint density at radius 2 is 0.839 bits per heavy atom. The first-order valence-electron chi connectivity index (χ1n) is 12.4. The van der Waals surface area contributed by atoms with Gasteiger partial charge in [-0.1, -0.05) is 0 Å². The third-order valence-corrected chi connectivity index (χ3v) is 11.8. The molecule has 31 heavy (non-hydrogen) atoms. The number of hydrogen-bond acceptors (Lipinski definition) is 2. The van der Waals surface area contributed by atoms with Gasteiger partial charge in [0, 0.05) is 0 Å². The molecule has 0 heterocycles. The zero-order valence-corrected chi connectivity index (χ0v) is 21.0. The van der Waals surface area contributed by atoms with E-state index >= 15 is 0 Å². The van der Waals surface area contributed by atoms with E-state index in [9.17, 15) is 0 Å². The summed E-state index contributed by atoms with van der Waals surface area (Å²) in [6.45, 7) is 1.80. The number of methoxy groups -OCH3 is 2. The van der Waals surface area contributed by atoms with Crippen molar-refractivity contribution in [3.05, 3.63) is 60.7 Å². The van der Waals surface area contributed by atoms with E-state index in [2.05, 4.69) is 60.7 Å². The molecule has 0 spiro atoms. The molecule has 3 heteroatoms. The van der Waals surface area contributed by atoms with Gasteiger partial charge in [-0.3, -0.25) is 0 Å². The van der Waals surface area contributed by atoms with Crippen LogP contribution in [-0.2, 0) is 9.47 Å². The van der Waals surface area contributed by atoms with E-state index < -0.39 is 7.26 Å². The van der Waals surface area contributed by atoms with Gasteiger partial charge in [0.05, 0.1) is 0 Å². The number of unbranched alkanes of at least 4 members (excludes halogenated alkanes) is 8. The summed E-state index contributed by atoms with van der Waals surface area (Å²) in [5.74, 6) is 0. The standard InChI is InChI=1S/C28H45O2P/c1-29-23-15-5-3-7-17-25-31(27-19-11-9-12-20-27,28-21-13-10-14-22-28)26-18-8-4-6-16-24-30-2/h9-14,19-22,31H,3-8,15-18,23-26H2,1-2H3. The fraction of sp³-hybridized carbons (Fsp3) is 0.571. The van der Waals surface area contributed by atoms with Gasteiger partial charge in [0.2, 0.25) is 0 Å². The topological polar surface area (TPSA) is 18.5 Å². The quantitative estimate of drug-likeness (QED) is 0.191. The van der Waals surface area contributed by atoms with Crippen molar-refractivity contribution in [1.29, 1.82) is 0 Å². The molecule has 0 atom stereocenters. The van der Waals surface area contributed by atoms with Gasteiger partial charge in [-0.15, -0.1) is 0 Å². The Morgan fingerprint density at radius 3 is 1.23 bits per heavy atom. The van der Waals surface area contributed by atoms with Crippen LogP contribution < -0.4 is 10.6 Å². The molecule has 0 aliphatic carbocycles. The van der Waals surface area contributed by atoms with Crippen LogP contribution in [0.4, 0.5) is 0 Å². The van der Waals surface area contributed by atoms with E-state index in [-0.39, 0.29) is 0 Å². The summed E-state index contributed by atoms with van der Waals surface area (Å²) in [5, 5.41) is 3.25. The predicted molar refractivity (Wildman–Crippen MR) is 140 cm³/mol. The van der Waals surface area contributed by atoms with Gasteiger partial charge in [-0.2, -0.15) is 0 Å². The Hall–Kier alpha value is -1.21. The monoisotopic (exact) mass is 444 g/mol. The predicted octanol–water partition coefficient (Wildman–Crippen LogP) is 6.58. The van der Waals surface area contributed by atoms with E-state index in [1.807, 2.05) is 0 Å². The molecule has 0 aromatic heterocycles. The summed E-state index contributed by atoms with van der Waals surface area (Å²) in [7, 11) is 1.86. The van der Waals surface area contributed by atoms with E-state index in [0.717, 1.165) is 13.2 Å². The minimum atomic E-state index is -1.75. The number of benzene rings is 2. The van der Waals surface area contributed by atoms with Crippen LogP contribution in [0.3, 0.4) is 0 Å². The molecular weight excluding hydrogens is 399 g/mol. The number of rotatable bonds is 18. The van der Waals surface area contributed by atoms with Crippen LogP contribution in [0.2, 0.25) is 0 Å². The summed E-state index contributed by atoms with van der Waals surface area (Å²) >= 11 is 0. The second-order valence-corrected chi connectivity index (χ2v) is 13.2. The molecule has 0 unspecified atom stereocenters.